The van der Waals surface area contributed by atoms with Gasteiger partial charge in [-0.3, -0.25) is 0 Å². The lowest BCUT2D eigenvalue weighted by Crippen LogP contribution is -2.21. The number of rotatable bonds is 6. The van der Waals surface area contributed by atoms with Crippen molar-refractivity contribution >= 4 is 5.95 Å². The SMILES string of the molecule is COCCCn1ccnc1NC1CCOC1. The number of nitrogens with one attached hydrogen (secondary N) is 1. The largest absolute Gasteiger partial charge is 0.385 e. The van der Waals surface area contributed by atoms with E-state index in [0.717, 1.165) is 45.2 Å². The van der Waals surface area contributed by atoms with Gasteiger partial charge in [0.15, 0.2) is 0 Å². The van der Waals surface area contributed by atoms with E-state index < -0.39 is 0 Å². The van der Waals surface area contributed by atoms with Gasteiger partial charge in [0.05, 0.1) is 12.6 Å². The van der Waals surface area contributed by atoms with Gasteiger partial charge in [0.25, 0.3) is 0 Å². The molecule has 0 spiro atoms. The summed E-state index contributed by atoms with van der Waals surface area (Å²) in [5.41, 5.74) is 0. The van der Waals surface area contributed by atoms with Crippen molar-refractivity contribution in [3.8, 4) is 0 Å². The van der Waals surface area contributed by atoms with Gasteiger partial charge in [-0.25, -0.2) is 4.98 Å². The number of methoxy groups -OCH3 is 1. The second kappa shape index (κ2) is 5.86. The summed E-state index contributed by atoms with van der Waals surface area (Å²) >= 11 is 0. The third kappa shape index (κ3) is 2.96. The number of aryl methyl sites for hydroxylation is 1. The van der Waals surface area contributed by atoms with Crippen LogP contribution in [0.1, 0.15) is 12.8 Å². The molecular formula is C11H19N3O2. The molecule has 1 saturated heterocycles. The monoisotopic (exact) mass is 225 g/mol. The van der Waals surface area contributed by atoms with Gasteiger partial charge < -0.3 is 19.4 Å². The fourth-order valence-electron chi connectivity index (χ4n) is 1.84. The molecule has 0 amide bonds. The lowest BCUT2D eigenvalue weighted by molar-refractivity contribution is 0.190. The van der Waals surface area contributed by atoms with Crippen molar-refractivity contribution in [2.24, 2.45) is 0 Å². The third-order valence-electron chi connectivity index (χ3n) is 2.73. The van der Waals surface area contributed by atoms with Gasteiger partial charge in [-0.05, 0) is 12.8 Å². The molecule has 1 fully saturated rings. The Morgan fingerprint density at radius 2 is 2.62 bits per heavy atom. The standard InChI is InChI=1S/C11H19N3O2/c1-15-7-2-5-14-6-4-12-11(14)13-10-3-8-16-9-10/h4,6,10H,2-3,5,7-9H2,1H3,(H,12,13). The molecule has 1 aliphatic heterocycles. The number of nitrogens with zero attached hydrogens (tertiary/aromatic N) is 2. The van der Waals surface area contributed by atoms with Crippen LogP contribution in [0, 0.1) is 0 Å². The lowest BCUT2D eigenvalue weighted by atomic mass is 10.3. The molecule has 1 unspecified atom stereocenters. The fourth-order valence-corrected chi connectivity index (χ4v) is 1.84. The van der Waals surface area contributed by atoms with Crippen LogP contribution < -0.4 is 5.32 Å². The summed E-state index contributed by atoms with van der Waals surface area (Å²) in [6.45, 7) is 3.35. The first-order chi connectivity index (χ1) is 7.90. The Balaban J connectivity index is 1.85. The average Bonchev–Trinajstić information content (AvgIpc) is 2.92. The molecule has 0 aromatic carbocycles. The quantitative estimate of drug-likeness (QED) is 0.737. The summed E-state index contributed by atoms with van der Waals surface area (Å²) in [4.78, 5) is 4.31. The van der Waals surface area contributed by atoms with E-state index in [2.05, 4.69) is 14.9 Å². The van der Waals surface area contributed by atoms with Crippen molar-refractivity contribution in [3.63, 3.8) is 0 Å². The molecular weight excluding hydrogens is 206 g/mol. The molecule has 0 aliphatic carbocycles. The predicted octanol–water partition coefficient (Wildman–Crippen LogP) is 1.12. The Morgan fingerprint density at radius 3 is 3.38 bits per heavy atom. The fraction of sp³-hybridized carbons (Fsp3) is 0.727. The molecule has 0 radical (unpaired) electrons. The van der Waals surface area contributed by atoms with Crippen molar-refractivity contribution in [2.75, 3.05) is 32.2 Å². The Kier molecular flexibility index (Phi) is 4.18. The number of hydrogen-bond donors (Lipinski definition) is 1. The van der Waals surface area contributed by atoms with Crippen LogP contribution in [0.25, 0.3) is 0 Å². The van der Waals surface area contributed by atoms with E-state index >= 15 is 0 Å². The minimum atomic E-state index is 0.406. The normalized spacial score (nSPS) is 20.2. The smallest absolute Gasteiger partial charge is 0.203 e. The van der Waals surface area contributed by atoms with Crippen molar-refractivity contribution in [3.05, 3.63) is 12.4 Å². The first kappa shape index (κ1) is 11.4. The van der Waals surface area contributed by atoms with Gasteiger partial charge in [-0.2, -0.15) is 0 Å². The van der Waals surface area contributed by atoms with Crippen molar-refractivity contribution in [1.82, 2.24) is 9.55 Å². The summed E-state index contributed by atoms with van der Waals surface area (Å²) in [6.07, 6.45) is 5.88. The first-order valence-electron chi connectivity index (χ1n) is 5.74. The molecule has 0 bridgehead atoms. The number of ether oxygens (including phenoxy) is 2. The van der Waals surface area contributed by atoms with Crippen molar-refractivity contribution in [2.45, 2.75) is 25.4 Å². The second-order valence-corrected chi connectivity index (χ2v) is 4.00. The lowest BCUT2D eigenvalue weighted by Gasteiger charge is -2.13. The van der Waals surface area contributed by atoms with Crippen molar-refractivity contribution < 1.29 is 9.47 Å². The molecule has 5 heteroatoms. The molecule has 16 heavy (non-hydrogen) atoms. The van der Waals surface area contributed by atoms with E-state index in [1.807, 2.05) is 12.4 Å². The van der Waals surface area contributed by atoms with Crippen LogP contribution in [0.2, 0.25) is 0 Å². The van der Waals surface area contributed by atoms with Gasteiger partial charge in [0.1, 0.15) is 0 Å². The molecule has 1 aliphatic rings. The number of anilines is 1. The molecule has 5 nitrogen and oxygen atoms in total. The van der Waals surface area contributed by atoms with Gasteiger partial charge in [0.2, 0.25) is 5.95 Å². The molecule has 1 aromatic heterocycles. The van der Waals surface area contributed by atoms with Crippen LogP contribution in [-0.4, -0.2) is 42.5 Å². The van der Waals surface area contributed by atoms with Crippen LogP contribution >= 0.6 is 0 Å². The molecule has 1 atom stereocenters. The highest BCUT2D eigenvalue weighted by molar-refractivity contribution is 5.27. The summed E-state index contributed by atoms with van der Waals surface area (Å²) < 4.78 is 12.5. The summed E-state index contributed by atoms with van der Waals surface area (Å²) in [7, 11) is 1.73. The van der Waals surface area contributed by atoms with Gasteiger partial charge >= 0.3 is 0 Å². The maximum absolute atomic E-state index is 5.32. The van der Waals surface area contributed by atoms with E-state index in [9.17, 15) is 0 Å². The maximum atomic E-state index is 5.32. The number of imidazole rings is 1. The topological polar surface area (TPSA) is 48.3 Å². The van der Waals surface area contributed by atoms with Crippen molar-refractivity contribution in [1.29, 1.82) is 0 Å². The molecule has 1 N–H and O–H groups in total. The van der Waals surface area contributed by atoms with Gasteiger partial charge in [-0.1, -0.05) is 0 Å². The minimum absolute atomic E-state index is 0.406. The zero-order valence-electron chi connectivity index (χ0n) is 9.69. The Labute approximate surface area is 95.8 Å². The van der Waals surface area contributed by atoms with Crippen LogP contribution in [0.3, 0.4) is 0 Å². The summed E-state index contributed by atoms with van der Waals surface area (Å²) in [5.74, 6) is 0.937. The van der Waals surface area contributed by atoms with E-state index in [4.69, 9.17) is 9.47 Å². The predicted molar refractivity (Wildman–Crippen MR) is 61.6 cm³/mol. The zero-order valence-corrected chi connectivity index (χ0v) is 9.69. The van der Waals surface area contributed by atoms with Crippen LogP contribution in [0.5, 0.6) is 0 Å². The Morgan fingerprint density at radius 1 is 1.69 bits per heavy atom. The highest BCUT2D eigenvalue weighted by atomic mass is 16.5. The third-order valence-corrected chi connectivity index (χ3v) is 2.73. The highest BCUT2D eigenvalue weighted by Crippen LogP contribution is 2.12. The molecule has 0 saturated carbocycles. The highest BCUT2D eigenvalue weighted by Gasteiger charge is 2.16. The van der Waals surface area contributed by atoms with Gasteiger partial charge in [-0.15, -0.1) is 0 Å². The van der Waals surface area contributed by atoms with E-state index in [0.29, 0.717) is 6.04 Å². The van der Waals surface area contributed by atoms with E-state index in [-0.39, 0.29) is 0 Å². The first-order valence-corrected chi connectivity index (χ1v) is 5.74. The minimum Gasteiger partial charge on any atom is -0.385 e. The van der Waals surface area contributed by atoms with Crippen LogP contribution in [-0.2, 0) is 16.0 Å². The molecule has 1 aromatic rings. The maximum Gasteiger partial charge on any atom is 0.203 e. The Bertz CT molecular complexity index is 308. The zero-order chi connectivity index (χ0) is 11.2. The Hall–Kier alpha value is -1.07. The van der Waals surface area contributed by atoms with Crippen LogP contribution in [0.15, 0.2) is 12.4 Å². The average molecular weight is 225 g/mol. The van der Waals surface area contributed by atoms with Crippen LogP contribution in [0.4, 0.5) is 5.95 Å². The number of hydrogen-bond acceptors (Lipinski definition) is 4. The summed E-state index contributed by atoms with van der Waals surface area (Å²) in [5, 5.41) is 3.40. The molecule has 2 rings (SSSR count). The van der Waals surface area contributed by atoms with E-state index in [1.165, 1.54) is 0 Å². The van der Waals surface area contributed by atoms with E-state index in [1.54, 1.807) is 7.11 Å². The molecule has 90 valence electrons. The second-order valence-electron chi connectivity index (χ2n) is 4.00. The molecule has 2 heterocycles. The number of aromatic nitrogens is 2. The summed E-state index contributed by atoms with van der Waals surface area (Å²) in [6, 6.07) is 0.406. The van der Waals surface area contributed by atoms with Gasteiger partial charge in [0, 0.05) is 39.3 Å².